The average Bonchev–Trinajstić information content (AvgIpc) is 3.22. The van der Waals surface area contributed by atoms with E-state index >= 15 is 0 Å². The molecule has 8 heteroatoms. The SMILES string of the molecule is CCOc1ccc(C(=O)c2oc3ccccc3c2NC(=O)COc2ccc(OC)cc2)cc1Cl. The second-order valence-corrected chi connectivity index (χ2v) is 7.63. The highest BCUT2D eigenvalue weighted by Gasteiger charge is 2.24. The molecule has 1 aromatic heterocycles. The quantitative estimate of drug-likeness (QED) is 0.308. The van der Waals surface area contributed by atoms with Gasteiger partial charge in [0.15, 0.2) is 12.4 Å². The lowest BCUT2D eigenvalue weighted by Gasteiger charge is -2.09. The molecule has 0 saturated carbocycles. The van der Waals surface area contributed by atoms with Gasteiger partial charge in [-0.1, -0.05) is 23.7 Å². The Balaban J connectivity index is 1.58. The van der Waals surface area contributed by atoms with Crippen molar-refractivity contribution in [3.8, 4) is 17.2 Å². The van der Waals surface area contributed by atoms with Crippen molar-refractivity contribution in [1.29, 1.82) is 0 Å². The van der Waals surface area contributed by atoms with E-state index in [1.807, 2.05) is 6.92 Å². The van der Waals surface area contributed by atoms with Gasteiger partial charge in [0.05, 0.1) is 24.4 Å². The molecule has 1 heterocycles. The molecule has 0 aliphatic heterocycles. The number of rotatable bonds is 9. The molecule has 4 aromatic rings. The lowest BCUT2D eigenvalue weighted by Crippen LogP contribution is -2.21. The number of amides is 1. The maximum atomic E-state index is 13.3. The maximum absolute atomic E-state index is 13.3. The number of hydrogen-bond donors (Lipinski definition) is 1. The second-order valence-electron chi connectivity index (χ2n) is 7.22. The number of fused-ring (bicyclic) bond motifs is 1. The Kier molecular flexibility index (Phi) is 7.04. The minimum atomic E-state index is -0.443. The van der Waals surface area contributed by atoms with Gasteiger partial charge in [-0.3, -0.25) is 9.59 Å². The van der Waals surface area contributed by atoms with E-state index in [1.165, 1.54) is 6.07 Å². The molecular formula is C26H22ClNO6. The molecule has 34 heavy (non-hydrogen) atoms. The molecule has 0 spiro atoms. The first-order valence-electron chi connectivity index (χ1n) is 10.6. The Hall–Kier alpha value is -3.97. The van der Waals surface area contributed by atoms with Crippen LogP contribution in [0.3, 0.4) is 0 Å². The predicted molar refractivity (Wildman–Crippen MR) is 129 cm³/mol. The van der Waals surface area contributed by atoms with E-state index in [4.69, 9.17) is 30.2 Å². The summed E-state index contributed by atoms with van der Waals surface area (Å²) in [6, 6.07) is 18.7. The van der Waals surface area contributed by atoms with Crippen molar-refractivity contribution in [3.05, 3.63) is 83.1 Å². The summed E-state index contributed by atoms with van der Waals surface area (Å²) in [5, 5.41) is 3.67. The van der Waals surface area contributed by atoms with E-state index in [9.17, 15) is 9.59 Å². The fourth-order valence-corrected chi connectivity index (χ4v) is 3.61. The van der Waals surface area contributed by atoms with E-state index in [2.05, 4.69) is 5.32 Å². The lowest BCUT2D eigenvalue weighted by atomic mass is 10.1. The predicted octanol–water partition coefficient (Wildman–Crippen LogP) is 5.74. The zero-order valence-corrected chi connectivity index (χ0v) is 19.3. The molecule has 3 aromatic carbocycles. The van der Waals surface area contributed by atoms with Gasteiger partial charge in [0.25, 0.3) is 5.91 Å². The summed E-state index contributed by atoms with van der Waals surface area (Å²) in [4.78, 5) is 26.0. The van der Waals surface area contributed by atoms with Gasteiger partial charge in [0.1, 0.15) is 22.8 Å². The number of furan rings is 1. The summed E-state index contributed by atoms with van der Waals surface area (Å²) in [6.07, 6.45) is 0. The first kappa shape index (κ1) is 23.2. The highest BCUT2D eigenvalue weighted by Crippen LogP contribution is 2.34. The largest absolute Gasteiger partial charge is 0.497 e. The number of anilines is 1. The van der Waals surface area contributed by atoms with Gasteiger partial charge in [-0.15, -0.1) is 0 Å². The number of ether oxygens (including phenoxy) is 3. The van der Waals surface area contributed by atoms with E-state index in [0.717, 1.165) is 0 Å². The Morgan fingerprint density at radius 1 is 0.971 bits per heavy atom. The van der Waals surface area contributed by atoms with E-state index in [-0.39, 0.29) is 18.1 Å². The number of methoxy groups -OCH3 is 1. The minimum absolute atomic E-state index is 0.000718. The zero-order valence-electron chi connectivity index (χ0n) is 18.6. The Morgan fingerprint density at radius 2 is 1.71 bits per heavy atom. The number of carbonyl (C=O) groups is 2. The number of ketones is 1. The van der Waals surface area contributed by atoms with Gasteiger partial charge in [-0.05, 0) is 61.5 Å². The monoisotopic (exact) mass is 479 g/mol. The summed E-state index contributed by atoms with van der Waals surface area (Å²) >= 11 is 6.26. The molecule has 7 nitrogen and oxygen atoms in total. The van der Waals surface area contributed by atoms with Crippen LogP contribution in [0.5, 0.6) is 17.2 Å². The Labute approximate surface area is 201 Å². The molecule has 0 saturated heterocycles. The van der Waals surface area contributed by atoms with Crippen molar-refractivity contribution in [1.82, 2.24) is 0 Å². The number of nitrogens with one attached hydrogen (secondary N) is 1. The Morgan fingerprint density at radius 3 is 2.41 bits per heavy atom. The van der Waals surface area contributed by atoms with Gasteiger partial charge in [-0.2, -0.15) is 0 Å². The summed E-state index contributed by atoms with van der Waals surface area (Å²) in [6.45, 7) is 2.04. The van der Waals surface area contributed by atoms with Crippen molar-refractivity contribution in [3.63, 3.8) is 0 Å². The molecule has 0 atom stereocenters. The van der Waals surface area contributed by atoms with E-state index < -0.39 is 11.7 Å². The topological polar surface area (TPSA) is 87.0 Å². The molecule has 0 bridgehead atoms. The molecule has 0 unspecified atom stereocenters. The molecule has 1 N–H and O–H groups in total. The minimum Gasteiger partial charge on any atom is -0.497 e. The summed E-state index contributed by atoms with van der Waals surface area (Å²) in [5.74, 6) is 0.801. The first-order chi connectivity index (χ1) is 16.5. The van der Waals surface area contributed by atoms with Crippen LogP contribution in [0, 0.1) is 0 Å². The Bertz CT molecular complexity index is 1330. The van der Waals surface area contributed by atoms with Crippen LogP contribution in [0.4, 0.5) is 5.69 Å². The van der Waals surface area contributed by atoms with Gasteiger partial charge in [0.2, 0.25) is 5.78 Å². The van der Waals surface area contributed by atoms with Gasteiger partial charge >= 0.3 is 0 Å². The molecule has 0 aliphatic rings. The van der Waals surface area contributed by atoms with Gasteiger partial charge in [0, 0.05) is 10.9 Å². The fourth-order valence-electron chi connectivity index (χ4n) is 3.37. The normalized spacial score (nSPS) is 10.7. The van der Waals surface area contributed by atoms with Crippen LogP contribution in [0.1, 0.15) is 23.0 Å². The van der Waals surface area contributed by atoms with E-state index in [1.54, 1.807) is 67.8 Å². The van der Waals surface area contributed by atoms with Crippen LogP contribution in [0.25, 0.3) is 11.0 Å². The molecule has 4 rings (SSSR count). The number of para-hydroxylation sites is 1. The maximum Gasteiger partial charge on any atom is 0.262 e. The van der Waals surface area contributed by atoms with Crippen molar-refractivity contribution < 1.29 is 28.2 Å². The number of halogens is 1. The average molecular weight is 480 g/mol. The van der Waals surface area contributed by atoms with Crippen LogP contribution >= 0.6 is 11.6 Å². The fraction of sp³-hybridized carbons (Fsp3) is 0.154. The lowest BCUT2D eigenvalue weighted by molar-refractivity contribution is -0.118. The van der Waals surface area contributed by atoms with Crippen LogP contribution in [-0.4, -0.2) is 32.0 Å². The van der Waals surface area contributed by atoms with Crippen LogP contribution in [-0.2, 0) is 4.79 Å². The van der Waals surface area contributed by atoms with Crippen LogP contribution < -0.4 is 19.5 Å². The van der Waals surface area contributed by atoms with Crippen LogP contribution in [0.2, 0.25) is 5.02 Å². The van der Waals surface area contributed by atoms with Crippen molar-refractivity contribution >= 4 is 39.9 Å². The van der Waals surface area contributed by atoms with E-state index in [0.29, 0.717) is 45.4 Å². The van der Waals surface area contributed by atoms with Crippen molar-refractivity contribution in [2.75, 3.05) is 25.6 Å². The second kappa shape index (κ2) is 10.3. The molecule has 1 amide bonds. The standard InChI is InChI=1S/C26H22ClNO6/c1-3-32-22-13-8-16(14-20(22)27)25(30)26-24(19-6-4-5-7-21(19)34-26)28-23(29)15-33-18-11-9-17(31-2)10-12-18/h4-14H,3,15H2,1-2H3,(H,28,29). The summed E-state index contributed by atoms with van der Waals surface area (Å²) in [7, 11) is 1.57. The zero-order chi connectivity index (χ0) is 24.1. The smallest absolute Gasteiger partial charge is 0.262 e. The van der Waals surface area contributed by atoms with Gasteiger partial charge < -0.3 is 23.9 Å². The van der Waals surface area contributed by atoms with Crippen molar-refractivity contribution in [2.24, 2.45) is 0 Å². The third-order valence-electron chi connectivity index (χ3n) is 4.99. The molecule has 0 fully saturated rings. The van der Waals surface area contributed by atoms with Crippen molar-refractivity contribution in [2.45, 2.75) is 6.92 Å². The molecule has 0 radical (unpaired) electrons. The third kappa shape index (κ3) is 5.00. The number of benzene rings is 3. The molecule has 0 aliphatic carbocycles. The number of hydrogen-bond acceptors (Lipinski definition) is 6. The molecular weight excluding hydrogens is 458 g/mol. The highest BCUT2D eigenvalue weighted by molar-refractivity contribution is 6.32. The van der Waals surface area contributed by atoms with Gasteiger partial charge in [-0.25, -0.2) is 0 Å². The summed E-state index contributed by atoms with van der Waals surface area (Å²) < 4.78 is 21.9. The highest BCUT2D eigenvalue weighted by atomic mass is 35.5. The summed E-state index contributed by atoms with van der Waals surface area (Å²) in [5.41, 5.74) is 1.04. The first-order valence-corrected chi connectivity index (χ1v) is 10.9. The molecule has 174 valence electrons. The third-order valence-corrected chi connectivity index (χ3v) is 5.28. The van der Waals surface area contributed by atoms with Crippen LogP contribution in [0.15, 0.2) is 71.1 Å². The number of carbonyl (C=O) groups excluding carboxylic acids is 2.